The third-order valence-electron chi connectivity index (χ3n) is 5.14. The molecule has 2 aliphatic heterocycles. The summed E-state index contributed by atoms with van der Waals surface area (Å²) in [6, 6.07) is 0.339. The van der Waals surface area contributed by atoms with Gasteiger partial charge in [0.05, 0.1) is 25.0 Å². The van der Waals surface area contributed by atoms with Crippen molar-refractivity contribution < 1.29 is 9.18 Å². The molecule has 9 heteroatoms. The number of piperidine rings is 1. The van der Waals surface area contributed by atoms with Gasteiger partial charge in [0.15, 0.2) is 5.82 Å². The molecule has 0 spiro atoms. The summed E-state index contributed by atoms with van der Waals surface area (Å²) in [6.45, 7) is 3.81. The van der Waals surface area contributed by atoms with Crippen LogP contribution in [-0.4, -0.2) is 60.7 Å². The van der Waals surface area contributed by atoms with Crippen LogP contribution in [0.15, 0.2) is 25.0 Å². The van der Waals surface area contributed by atoms with Crippen LogP contribution in [0.1, 0.15) is 19.8 Å². The molecule has 1 amide bonds. The molecule has 4 rings (SSSR count). The van der Waals surface area contributed by atoms with E-state index in [0.29, 0.717) is 18.4 Å². The Morgan fingerprint density at radius 3 is 2.84 bits per heavy atom. The van der Waals surface area contributed by atoms with E-state index in [2.05, 4.69) is 25.0 Å². The number of hydrogen-bond donors (Lipinski definition) is 0. The minimum absolute atomic E-state index is 0.101. The zero-order chi connectivity index (χ0) is 17.4. The number of fused-ring (bicyclic) bond motifs is 1. The summed E-state index contributed by atoms with van der Waals surface area (Å²) in [7, 11) is 0. The van der Waals surface area contributed by atoms with Crippen LogP contribution in [0.2, 0.25) is 0 Å². The standard InChI is InChI=1S/C16H20FN7O/c1-11(25)24-14(8-23-10-18-9-21-23)4-12-7-22(3-2-15(12)24)16-19-5-13(17)6-20-16/h5-6,9-10,12,14-15H,2-4,7-8H2,1H3/t12-,14+,15+/m1/s1. The Balaban J connectivity index is 1.50. The number of amides is 1. The lowest BCUT2D eigenvalue weighted by Crippen LogP contribution is -2.49. The minimum atomic E-state index is -0.435. The quantitative estimate of drug-likeness (QED) is 0.816. The molecule has 3 atom stereocenters. The molecule has 2 aromatic heterocycles. The van der Waals surface area contributed by atoms with E-state index in [4.69, 9.17) is 0 Å². The highest BCUT2D eigenvalue weighted by Crippen LogP contribution is 2.37. The highest BCUT2D eigenvalue weighted by Gasteiger charge is 2.45. The molecule has 0 N–H and O–H groups in total. The molecule has 0 unspecified atom stereocenters. The van der Waals surface area contributed by atoms with Gasteiger partial charge < -0.3 is 9.80 Å². The Labute approximate surface area is 144 Å². The Kier molecular flexibility index (Phi) is 4.06. The normalized spacial score (nSPS) is 25.9. The van der Waals surface area contributed by atoms with Crippen molar-refractivity contribution in [3.63, 3.8) is 0 Å². The Bertz CT molecular complexity index is 735. The highest BCUT2D eigenvalue weighted by molar-refractivity contribution is 5.74. The number of rotatable bonds is 3. The summed E-state index contributed by atoms with van der Waals surface area (Å²) in [6.07, 6.45) is 7.34. The van der Waals surface area contributed by atoms with Gasteiger partial charge >= 0.3 is 0 Å². The molecule has 2 fully saturated rings. The summed E-state index contributed by atoms with van der Waals surface area (Å²) in [5.74, 6) is 0.563. The maximum atomic E-state index is 13.0. The molecule has 132 valence electrons. The molecule has 2 aromatic rings. The lowest BCUT2D eigenvalue weighted by molar-refractivity contribution is -0.132. The van der Waals surface area contributed by atoms with Gasteiger partial charge in [0.2, 0.25) is 11.9 Å². The summed E-state index contributed by atoms with van der Waals surface area (Å²) >= 11 is 0. The molecule has 0 aromatic carbocycles. The lowest BCUT2D eigenvalue weighted by Gasteiger charge is -2.38. The smallest absolute Gasteiger partial charge is 0.225 e. The van der Waals surface area contributed by atoms with Crippen LogP contribution in [-0.2, 0) is 11.3 Å². The zero-order valence-electron chi connectivity index (χ0n) is 14.0. The number of likely N-dealkylation sites (tertiary alicyclic amines) is 1. The van der Waals surface area contributed by atoms with E-state index in [9.17, 15) is 9.18 Å². The predicted molar refractivity (Wildman–Crippen MR) is 87.0 cm³/mol. The first-order valence-electron chi connectivity index (χ1n) is 8.45. The van der Waals surface area contributed by atoms with Crippen LogP contribution >= 0.6 is 0 Å². The maximum absolute atomic E-state index is 13.0. The molecule has 25 heavy (non-hydrogen) atoms. The largest absolute Gasteiger partial charge is 0.340 e. The van der Waals surface area contributed by atoms with Crippen LogP contribution in [0.4, 0.5) is 10.3 Å². The number of hydrogen-bond acceptors (Lipinski definition) is 6. The molecule has 0 radical (unpaired) electrons. The first-order valence-corrected chi connectivity index (χ1v) is 8.45. The molecule has 2 saturated heterocycles. The summed E-state index contributed by atoms with van der Waals surface area (Å²) in [5, 5.41) is 4.16. The van der Waals surface area contributed by atoms with Crippen LogP contribution < -0.4 is 4.90 Å². The predicted octanol–water partition coefficient (Wildman–Crippen LogP) is 0.723. The molecule has 0 saturated carbocycles. The number of halogens is 1. The van der Waals surface area contributed by atoms with Crippen molar-refractivity contribution in [3.05, 3.63) is 30.9 Å². The van der Waals surface area contributed by atoms with Gasteiger partial charge in [-0.05, 0) is 18.8 Å². The van der Waals surface area contributed by atoms with Crippen molar-refractivity contribution in [2.75, 3.05) is 18.0 Å². The number of anilines is 1. The van der Waals surface area contributed by atoms with Crippen LogP contribution in [0, 0.1) is 11.7 Å². The molecule has 8 nitrogen and oxygen atoms in total. The topological polar surface area (TPSA) is 80.0 Å². The van der Waals surface area contributed by atoms with Gasteiger partial charge in [0.1, 0.15) is 12.7 Å². The fraction of sp³-hybridized carbons (Fsp3) is 0.562. The molecule has 4 heterocycles. The molecular formula is C16H20FN7O. The van der Waals surface area contributed by atoms with Crippen molar-refractivity contribution >= 4 is 11.9 Å². The molecular weight excluding hydrogens is 325 g/mol. The number of aromatic nitrogens is 5. The van der Waals surface area contributed by atoms with Crippen LogP contribution in [0.25, 0.3) is 0 Å². The van der Waals surface area contributed by atoms with Crippen molar-refractivity contribution in [1.82, 2.24) is 29.6 Å². The summed E-state index contributed by atoms with van der Waals surface area (Å²) in [4.78, 5) is 28.5. The van der Waals surface area contributed by atoms with Gasteiger partial charge in [-0.15, -0.1) is 0 Å². The van der Waals surface area contributed by atoms with Crippen LogP contribution in [0.3, 0.4) is 0 Å². The van der Waals surface area contributed by atoms with Crippen molar-refractivity contribution in [2.24, 2.45) is 5.92 Å². The first kappa shape index (κ1) is 15.9. The first-order chi connectivity index (χ1) is 12.1. The number of nitrogens with zero attached hydrogens (tertiary/aromatic N) is 7. The number of carbonyl (C=O) groups excluding carboxylic acids is 1. The minimum Gasteiger partial charge on any atom is -0.340 e. The lowest BCUT2D eigenvalue weighted by atomic mass is 9.92. The zero-order valence-corrected chi connectivity index (χ0v) is 14.0. The highest BCUT2D eigenvalue weighted by atomic mass is 19.1. The summed E-state index contributed by atoms with van der Waals surface area (Å²) in [5.41, 5.74) is 0. The monoisotopic (exact) mass is 345 g/mol. The van der Waals surface area contributed by atoms with Crippen LogP contribution in [0.5, 0.6) is 0 Å². The van der Waals surface area contributed by atoms with Gasteiger partial charge in [-0.25, -0.2) is 19.3 Å². The van der Waals surface area contributed by atoms with E-state index < -0.39 is 5.82 Å². The maximum Gasteiger partial charge on any atom is 0.225 e. The molecule has 0 bridgehead atoms. The second kappa shape index (κ2) is 6.38. The van der Waals surface area contributed by atoms with Gasteiger partial charge in [0.25, 0.3) is 0 Å². The van der Waals surface area contributed by atoms with E-state index in [1.165, 1.54) is 18.7 Å². The third kappa shape index (κ3) is 3.06. The fourth-order valence-corrected chi connectivity index (χ4v) is 4.20. The third-order valence-corrected chi connectivity index (χ3v) is 5.14. The average molecular weight is 345 g/mol. The van der Waals surface area contributed by atoms with E-state index >= 15 is 0 Å². The van der Waals surface area contributed by atoms with Crippen molar-refractivity contribution in [1.29, 1.82) is 0 Å². The second-order valence-electron chi connectivity index (χ2n) is 6.70. The van der Waals surface area contributed by atoms with Gasteiger partial charge in [-0.1, -0.05) is 0 Å². The van der Waals surface area contributed by atoms with Crippen molar-refractivity contribution in [2.45, 2.75) is 38.4 Å². The fourth-order valence-electron chi connectivity index (χ4n) is 4.20. The Morgan fingerprint density at radius 2 is 2.16 bits per heavy atom. The van der Waals surface area contributed by atoms with Gasteiger partial charge in [0, 0.05) is 26.1 Å². The van der Waals surface area contributed by atoms with Crippen molar-refractivity contribution in [3.8, 4) is 0 Å². The van der Waals surface area contributed by atoms with Gasteiger partial charge in [-0.2, -0.15) is 5.10 Å². The van der Waals surface area contributed by atoms with E-state index in [0.717, 1.165) is 25.9 Å². The summed E-state index contributed by atoms with van der Waals surface area (Å²) < 4.78 is 14.8. The van der Waals surface area contributed by atoms with E-state index in [1.54, 1.807) is 17.9 Å². The Hall–Kier alpha value is -2.58. The van der Waals surface area contributed by atoms with Gasteiger partial charge in [-0.3, -0.25) is 9.48 Å². The Morgan fingerprint density at radius 1 is 1.36 bits per heavy atom. The molecule has 0 aliphatic carbocycles. The SMILES string of the molecule is CC(=O)N1[C@H](Cn2cncn2)C[C@@H]2CN(c3ncc(F)cn3)CC[C@@H]21. The second-order valence-corrected chi connectivity index (χ2v) is 6.70. The molecule has 2 aliphatic rings. The average Bonchev–Trinajstić information content (AvgIpc) is 3.22. The number of carbonyl (C=O) groups is 1. The van der Waals surface area contributed by atoms with E-state index in [-0.39, 0.29) is 18.0 Å². The van der Waals surface area contributed by atoms with E-state index in [1.807, 2.05) is 4.90 Å².